The van der Waals surface area contributed by atoms with E-state index in [1.807, 2.05) is 7.05 Å². The maximum Gasteiger partial charge on any atom is 0.0701 e. The van der Waals surface area contributed by atoms with Gasteiger partial charge in [-0.2, -0.15) is 0 Å². The molecule has 0 aliphatic carbocycles. The summed E-state index contributed by atoms with van der Waals surface area (Å²) in [4.78, 5) is 1.40. The van der Waals surface area contributed by atoms with Gasteiger partial charge in [-0.3, -0.25) is 0 Å². The first-order valence-electron chi connectivity index (χ1n) is 5.36. The van der Waals surface area contributed by atoms with E-state index < -0.39 is 0 Å². The van der Waals surface area contributed by atoms with Crippen LogP contribution < -0.4 is 5.32 Å². The highest BCUT2D eigenvalue weighted by Gasteiger charge is 2.11. The molecule has 4 heteroatoms. The van der Waals surface area contributed by atoms with Crippen LogP contribution in [0.3, 0.4) is 0 Å². The van der Waals surface area contributed by atoms with Crippen LogP contribution in [0.2, 0.25) is 0 Å². The second kappa shape index (κ2) is 6.31. The fourth-order valence-electron chi connectivity index (χ4n) is 1.74. The third-order valence-electron chi connectivity index (χ3n) is 2.66. The lowest BCUT2D eigenvalue weighted by Gasteiger charge is -2.15. The smallest absolute Gasteiger partial charge is 0.0701 e. The number of halogens is 2. The van der Waals surface area contributed by atoms with E-state index >= 15 is 0 Å². The van der Waals surface area contributed by atoms with Gasteiger partial charge in [-0.05, 0) is 75.4 Å². The maximum absolute atomic E-state index is 3.51. The number of thiophene rings is 1. The molecule has 1 aromatic carbocycles. The topological polar surface area (TPSA) is 12.0 Å². The first kappa shape index (κ1) is 13.5. The fourth-order valence-corrected chi connectivity index (χ4v) is 3.63. The minimum Gasteiger partial charge on any atom is -0.313 e. The highest BCUT2D eigenvalue weighted by molar-refractivity contribution is 14.1. The Morgan fingerprint density at radius 2 is 1.94 bits per heavy atom. The first-order valence-corrected chi connectivity index (χ1v) is 8.05. The zero-order valence-corrected chi connectivity index (χ0v) is 14.0. The van der Waals surface area contributed by atoms with Crippen LogP contribution in [0.25, 0.3) is 0 Å². The van der Waals surface area contributed by atoms with Crippen LogP contribution in [0, 0.1) is 3.57 Å². The minimum absolute atomic E-state index is 0.387. The third-order valence-corrected chi connectivity index (χ3v) is 5.02. The molecule has 2 rings (SSSR count). The van der Waals surface area contributed by atoms with Crippen molar-refractivity contribution in [2.24, 2.45) is 0 Å². The van der Waals surface area contributed by atoms with E-state index in [2.05, 4.69) is 80.2 Å². The van der Waals surface area contributed by atoms with E-state index in [0.717, 1.165) is 6.42 Å². The molecule has 0 fully saturated rings. The van der Waals surface area contributed by atoms with Crippen molar-refractivity contribution in [1.82, 2.24) is 5.32 Å². The van der Waals surface area contributed by atoms with Crippen molar-refractivity contribution < 1.29 is 0 Å². The van der Waals surface area contributed by atoms with Crippen molar-refractivity contribution in [3.05, 3.63) is 54.2 Å². The number of rotatable bonds is 4. The van der Waals surface area contributed by atoms with Gasteiger partial charge in [-0.1, -0.05) is 12.1 Å². The number of hydrogen-bond donors (Lipinski definition) is 1. The molecule has 0 saturated carbocycles. The molecule has 90 valence electrons. The Hall–Kier alpha value is 0.0900. The van der Waals surface area contributed by atoms with Crippen molar-refractivity contribution in [2.75, 3.05) is 7.05 Å². The number of benzene rings is 1. The predicted molar refractivity (Wildman–Crippen MR) is 86.7 cm³/mol. The molecule has 17 heavy (non-hydrogen) atoms. The normalized spacial score (nSPS) is 12.6. The van der Waals surface area contributed by atoms with Gasteiger partial charge >= 0.3 is 0 Å². The zero-order valence-electron chi connectivity index (χ0n) is 9.41. The first-order chi connectivity index (χ1) is 8.19. The average Bonchev–Trinajstić information content (AvgIpc) is 2.73. The number of nitrogens with one attached hydrogen (secondary N) is 1. The van der Waals surface area contributed by atoms with Crippen LogP contribution in [0.5, 0.6) is 0 Å². The molecule has 1 nitrogen and oxygen atoms in total. The van der Waals surface area contributed by atoms with Crippen molar-refractivity contribution in [2.45, 2.75) is 12.5 Å². The Labute approximate surface area is 128 Å². The highest BCUT2D eigenvalue weighted by atomic mass is 127. The van der Waals surface area contributed by atoms with Crippen molar-refractivity contribution in [1.29, 1.82) is 0 Å². The molecule has 0 radical (unpaired) electrons. The average molecular weight is 422 g/mol. The molecule has 1 unspecified atom stereocenters. The van der Waals surface area contributed by atoms with Crippen LogP contribution in [0.15, 0.2) is 40.2 Å². The molecule has 0 amide bonds. The molecule has 0 saturated heterocycles. The van der Waals surface area contributed by atoms with Gasteiger partial charge in [-0.15, -0.1) is 11.3 Å². The summed E-state index contributed by atoms with van der Waals surface area (Å²) in [5, 5.41) is 3.38. The second-order valence-corrected chi connectivity index (χ2v) is 7.60. The molecule has 0 aliphatic heterocycles. The van der Waals surface area contributed by atoms with Crippen LogP contribution in [0.4, 0.5) is 0 Å². The van der Waals surface area contributed by atoms with Crippen LogP contribution in [0.1, 0.15) is 16.5 Å². The largest absolute Gasteiger partial charge is 0.313 e. The summed E-state index contributed by atoms with van der Waals surface area (Å²) in [6, 6.07) is 13.4. The van der Waals surface area contributed by atoms with Crippen LogP contribution in [-0.2, 0) is 6.42 Å². The van der Waals surface area contributed by atoms with Crippen molar-refractivity contribution >= 4 is 49.9 Å². The Balaban J connectivity index is 2.13. The fraction of sp³-hybridized carbons (Fsp3) is 0.231. The molecule has 2 aromatic rings. The van der Waals surface area contributed by atoms with Gasteiger partial charge < -0.3 is 5.32 Å². The summed E-state index contributed by atoms with van der Waals surface area (Å²) in [5.41, 5.74) is 1.34. The second-order valence-electron chi connectivity index (χ2n) is 3.80. The zero-order chi connectivity index (χ0) is 12.3. The van der Waals surface area contributed by atoms with E-state index in [0.29, 0.717) is 6.04 Å². The Kier molecular flexibility index (Phi) is 5.02. The lowest BCUT2D eigenvalue weighted by molar-refractivity contribution is 0.596. The van der Waals surface area contributed by atoms with E-state index in [4.69, 9.17) is 0 Å². The molecule has 1 heterocycles. The monoisotopic (exact) mass is 421 g/mol. The van der Waals surface area contributed by atoms with E-state index in [-0.39, 0.29) is 0 Å². The Morgan fingerprint density at radius 1 is 1.24 bits per heavy atom. The van der Waals surface area contributed by atoms with Crippen molar-refractivity contribution in [3.8, 4) is 0 Å². The number of hydrogen-bond acceptors (Lipinski definition) is 2. The van der Waals surface area contributed by atoms with Gasteiger partial charge in [0.1, 0.15) is 0 Å². The predicted octanol–water partition coefficient (Wildman–Crippen LogP) is 4.62. The van der Waals surface area contributed by atoms with Gasteiger partial charge in [0.05, 0.1) is 3.79 Å². The maximum atomic E-state index is 3.51. The van der Waals surface area contributed by atoms with Gasteiger partial charge in [0.2, 0.25) is 0 Å². The molecular formula is C13H13BrINS. The third kappa shape index (κ3) is 3.77. The van der Waals surface area contributed by atoms with Gasteiger partial charge in [0.15, 0.2) is 0 Å². The van der Waals surface area contributed by atoms with Crippen LogP contribution in [-0.4, -0.2) is 7.05 Å². The summed E-state index contributed by atoms with van der Waals surface area (Å²) >= 11 is 7.65. The standard InChI is InChI=1S/C13H13BrINS/c1-16-12(8-11-6-7-13(14)17-11)9-2-4-10(15)5-3-9/h2-7,12,16H,8H2,1H3. The lowest BCUT2D eigenvalue weighted by Crippen LogP contribution is -2.18. The number of likely N-dealkylation sites (N-methyl/N-ethyl adjacent to an activating group) is 1. The molecule has 0 spiro atoms. The van der Waals surface area contributed by atoms with Crippen LogP contribution >= 0.6 is 49.9 Å². The van der Waals surface area contributed by atoms with E-state index in [9.17, 15) is 0 Å². The molecule has 1 atom stereocenters. The SMILES string of the molecule is CNC(Cc1ccc(Br)s1)c1ccc(I)cc1. The Bertz CT molecular complexity index is 480. The molecule has 0 bridgehead atoms. The molecule has 0 aliphatic rings. The van der Waals surface area contributed by atoms with E-state index in [1.165, 1.54) is 17.8 Å². The summed E-state index contributed by atoms with van der Waals surface area (Å²) in [5.74, 6) is 0. The molecular weight excluding hydrogens is 409 g/mol. The highest BCUT2D eigenvalue weighted by Crippen LogP contribution is 2.27. The summed E-state index contributed by atoms with van der Waals surface area (Å²) < 4.78 is 2.48. The summed E-state index contributed by atoms with van der Waals surface area (Å²) in [6.07, 6.45) is 1.04. The minimum atomic E-state index is 0.387. The summed E-state index contributed by atoms with van der Waals surface area (Å²) in [6.45, 7) is 0. The van der Waals surface area contributed by atoms with Crippen molar-refractivity contribution in [3.63, 3.8) is 0 Å². The lowest BCUT2D eigenvalue weighted by atomic mass is 10.0. The molecule has 1 aromatic heterocycles. The van der Waals surface area contributed by atoms with E-state index in [1.54, 1.807) is 11.3 Å². The Morgan fingerprint density at radius 3 is 2.47 bits per heavy atom. The quantitative estimate of drug-likeness (QED) is 0.710. The van der Waals surface area contributed by atoms with Gasteiger partial charge in [-0.25, -0.2) is 0 Å². The summed E-state index contributed by atoms with van der Waals surface area (Å²) in [7, 11) is 2.02. The molecule has 1 N–H and O–H groups in total. The van der Waals surface area contributed by atoms with Gasteiger partial charge in [0, 0.05) is 20.9 Å². The van der Waals surface area contributed by atoms with Gasteiger partial charge in [0.25, 0.3) is 0 Å².